The van der Waals surface area contributed by atoms with Crippen LogP contribution in [-0.2, 0) is 6.42 Å². The van der Waals surface area contributed by atoms with Gasteiger partial charge in [0.1, 0.15) is 0 Å². The minimum Gasteiger partial charge on any atom is -0.394 e. The second kappa shape index (κ2) is 7.20. The Morgan fingerprint density at radius 3 is 2.71 bits per heavy atom. The number of rotatable bonds is 5. The molecule has 1 heterocycles. The Morgan fingerprint density at radius 1 is 1.33 bits per heavy atom. The van der Waals surface area contributed by atoms with Crippen molar-refractivity contribution in [3.05, 3.63) is 64.4 Å². The van der Waals surface area contributed by atoms with Crippen LogP contribution in [0.4, 0.5) is 0 Å². The van der Waals surface area contributed by atoms with E-state index in [1.807, 2.05) is 12.1 Å². The molecule has 5 heteroatoms. The third-order valence-corrected chi connectivity index (χ3v) is 3.71. The fourth-order valence-electron chi connectivity index (χ4n) is 2.08. The van der Waals surface area contributed by atoms with E-state index in [9.17, 15) is 9.90 Å². The molecule has 0 aliphatic carbocycles. The number of halogens is 1. The molecule has 21 heavy (non-hydrogen) atoms. The smallest absolute Gasteiger partial charge is 0.251 e. The molecule has 2 aromatic rings. The first kappa shape index (κ1) is 15.5. The average molecular weight is 305 g/mol. The molecule has 0 saturated carbocycles. The molecule has 110 valence electrons. The van der Waals surface area contributed by atoms with Crippen molar-refractivity contribution in [2.45, 2.75) is 19.4 Å². The lowest BCUT2D eigenvalue weighted by Crippen LogP contribution is -2.39. The molecule has 0 saturated heterocycles. The largest absolute Gasteiger partial charge is 0.394 e. The molecular weight excluding hydrogens is 288 g/mol. The maximum Gasteiger partial charge on any atom is 0.251 e. The molecule has 0 aliphatic heterocycles. The number of hydrogen-bond donors (Lipinski definition) is 2. The number of carbonyl (C=O) groups excluding carboxylic acids is 1. The van der Waals surface area contributed by atoms with E-state index in [1.54, 1.807) is 37.5 Å². The number of benzene rings is 1. The van der Waals surface area contributed by atoms with Gasteiger partial charge in [-0.15, -0.1) is 0 Å². The van der Waals surface area contributed by atoms with Gasteiger partial charge in [-0.25, -0.2) is 0 Å². The van der Waals surface area contributed by atoms with E-state index in [4.69, 9.17) is 11.6 Å². The fourth-order valence-corrected chi connectivity index (χ4v) is 2.26. The Hall–Kier alpha value is -1.91. The van der Waals surface area contributed by atoms with E-state index in [0.29, 0.717) is 17.0 Å². The van der Waals surface area contributed by atoms with Crippen LogP contribution in [0.3, 0.4) is 0 Å². The van der Waals surface area contributed by atoms with Crippen LogP contribution in [-0.4, -0.2) is 28.6 Å². The lowest BCUT2D eigenvalue weighted by atomic mass is 10.1. The zero-order chi connectivity index (χ0) is 15.2. The van der Waals surface area contributed by atoms with Crippen molar-refractivity contribution in [1.82, 2.24) is 10.3 Å². The summed E-state index contributed by atoms with van der Waals surface area (Å²) < 4.78 is 0. The summed E-state index contributed by atoms with van der Waals surface area (Å²) >= 11 is 6.02. The van der Waals surface area contributed by atoms with E-state index in [1.165, 1.54) is 0 Å². The quantitative estimate of drug-likeness (QED) is 0.891. The maximum absolute atomic E-state index is 12.3. The lowest BCUT2D eigenvalue weighted by Gasteiger charge is -2.17. The van der Waals surface area contributed by atoms with Gasteiger partial charge in [0.2, 0.25) is 0 Å². The van der Waals surface area contributed by atoms with E-state index < -0.39 is 0 Å². The molecule has 0 spiro atoms. The highest BCUT2D eigenvalue weighted by atomic mass is 35.5. The summed E-state index contributed by atoms with van der Waals surface area (Å²) in [6.45, 7) is 1.67. The highest BCUT2D eigenvalue weighted by Crippen LogP contribution is 2.18. The molecule has 1 atom stereocenters. The number of aliphatic hydroxyl groups is 1. The van der Waals surface area contributed by atoms with E-state index in [-0.39, 0.29) is 18.6 Å². The van der Waals surface area contributed by atoms with E-state index >= 15 is 0 Å². The van der Waals surface area contributed by atoms with Gasteiger partial charge in [-0.1, -0.05) is 17.7 Å². The number of pyridine rings is 1. The van der Waals surface area contributed by atoms with Crippen LogP contribution in [0, 0.1) is 6.92 Å². The first-order valence-electron chi connectivity index (χ1n) is 6.67. The number of hydrogen-bond acceptors (Lipinski definition) is 3. The van der Waals surface area contributed by atoms with Crippen LogP contribution in [0.2, 0.25) is 5.02 Å². The van der Waals surface area contributed by atoms with Crippen LogP contribution < -0.4 is 5.32 Å². The van der Waals surface area contributed by atoms with Gasteiger partial charge in [-0.05, 0) is 48.7 Å². The van der Waals surface area contributed by atoms with Gasteiger partial charge in [0.05, 0.1) is 12.6 Å². The van der Waals surface area contributed by atoms with Crippen LogP contribution >= 0.6 is 11.6 Å². The lowest BCUT2D eigenvalue weighted by molar-refractivity contribution is 0.0916. The van der Waals surface area contributed by atoms with Crippen LogP contribution in [0.15, 0.2) is 42.7 Å². The summed E-state index contributed by atoms with van der Waals surface area (Å²) in [6, 6.07) is 8.57. The topological polar surface area (TPSA) is 62.2 Å². The first-order chi connectivity index (χ1) is 10.1. The first-order valence-corrected chi connectivity index (χ1v) is 7.05. The minimum absolute atomic E-state index is 0.131. The molecule has 0 aliphatic rings. The van der Waals surface area contributed by atoms with Gasteiger partial charge in [0, 0.05) is 23.0 Å². The van der Waals surface area contributed by atoms with E-state index in [0.717, 1.165) is 11.1 Å². The maximum atomic E-state index is 12.3. The summed E-state index contributed by atoms with van der Waals surface area (Å²) in [5, 5.41) is 12.8. The zero-order valence-corrected chi connectivity index (χ0v) is 12.5. The van der Waals surface area contributed by atoms with Crippen LogP contribution in [0.1, 0.15) is 21.5 Å². The molecule has 2 rings (SSSR count). The normalized spacial score (nSPS) is 12.0. The standard InChI is InChI=1S/C16H17ClN2O2/c1-11-14(3-2-4-15(11)17)16(21)19-13(10-20)9-12-5-7-18-8-6-12/h2-8,13,20H,9-10H2,1H3,(H,19,21)/t13-/m1/s1. The molecular formula is C16H17ClN2O2. The van der Waals surface area contributed by atoms with Gasteiger partial charge < -0.3 is 10.4 Å². The molecule has 0 unspecified atom stereocenters. The highest BCUT2D eigenvalue weighted by molar-refractivity contribution is 6.31. The number of carbonyl (C=O) groups is 1. The monoisotopic (exact) mass is 304 g/mol. The van der Waals surface area contributed by atoms with Crippen molar-refractivity contribution in [2.75, 3.05) is 6.61 Å². The second-order valence-electron chi connectivity index (χ2n) is 4.82. The predicted octanol–water partition coefficient (Wildman–Crippen LogP) is 2.38. The van der Waals surface area contributed by atoms with Gasteiger partial charge in [0.15, 0.2) is 0 Å². The minimum atomic E-state index is -0.349. The molecule has 0 bridgehead atoms. The number of nitrogens with one attached hydrogen (secondary N) is 1. The van der Waals surface area contributed by atoms with Crippen LogP contribution in [0.5, 0.6) is 0 Å². The highest BCUT2D eigenvalue weighted by Gasteiger charge is 2.16. The van der Waals surface area contributed by atoms with Gasteiger partial charge >= 0.3 is 0 Å². The third-order valence-electron chi connectivity index (χ3n) is 3.30. The third kappa shape index (κ3) is 4.03. The Kier molecular flexibility index (Phi) is 5.31. The second-order valence-corrected chi connectivity index (χ2v) is 5.23. The van der Waals surface area contributed by atoms with Gasteiger partial charge in [-0.3, -0.25) is 9.78 Å². The number of nitrogens with zero attached hydrogens (tertiary/aromatic N) is 1. The summed E-state index contributed by atoms with van der Waals surface area (Å²) in [5.74, 6) is -0.233. The molecule has 1 aromatic heterocycles. The van der Waals surface area contributed by atoms with Crippen molar-refractivity contribution in [3.63, 3.8) is 0 Å². The summed E-state index contributed by atoms with van der Waals surface area (Å²) in [6.07, 6.45) is 3.92. The zero-order valence-electron chi connectivity index (χ0n) is 11.7. The molecule has 1 aromatic carbocycles. The van der Waals surface area contributed by atoms with E-state index in [2.05, 4.69) is 10.3 Å². The molecule has 0 radical (unpaired) electrons. The molecule has 1 amide bonds. The molecule has 0 fully saturated rings. The van der Waals surface area contributed by atoms with Gasteiger partial charge in [0.25, 0.3) is 5.91 Å². The van der Waals surface area contributed by atoms with Crippen molar-refractivity contribution < 1.29 is 9.90 Å². The predicted molar refractivity (Wildman–Crippen MR) is 82.5 cm³/mol. The SMILES string of the molecule is Cc1c(Cl)cccc1C(=O)N[C@@H](CO)Cc1ccncc1. The number of aromatic nitrogens is 1. The Balaban J connectivity index is 2.08. The Bertz CT molecular complexity index is 617. The molecule has 2 N–H and O–H groups in total. The summed E-state index contributed by atoms with van der Waals surface area (Å²) in [5.41, 5.74) is 2.26. The Labute approximate surface area is 128 Å². The van der Waals surface area contributed by atoms with Crippen molar-refractivity contribution >= 4 is 17.5 Å². The summed E-state index contributed by atoms with van der Waals surface area (Å²) in [7, 11) is 0. The van der Waals surface area contributed by atoms with Crippen molar-refractivity contribution in [1.29, 1.82) is 0 Å². The Morgan fingerprint density at radius 2 is 2.05 bits per heavy atom. The van der Waals surface area contributed by atoms with Crippen molar-refractivity contribution in [3.8, 4) is 0 Å². The van der Waals surface area contributed by atoms with Crippen molar-refractivity contribution in [2.24, 2.45) is 0 Å². The average Bonchev–Trinajstić information content (AvgIpc) is 2.50. The van der Waals surface area contributed by atoms with Gasteiger partial charge in [-0.2, -0.15) is 0 Å². The fraction of sp³-hybridized carbons (Fsp3) is 0.250. The summed E-state index contributed by atoms with van der Waals surface area (Å²) in [4.78, 5) is 16.2. The molecule has 4 nitrogen and oxygen atoms in total. The number of aliphatic hydroxyl groups excluding tert-OH is 1. The van der Waals surface area contributed by atoms with Crippen LogP contribution in [0.25, 0.3) is 0 Å². The number of amides is 1.